The van der Waals surface area contributed by atoms with Gasteiger partial charge in [0, 0.05) is 24.9 Å². The molecule has 1 aromatic carbocycles. The number of hydrogen-bond acceptors (Lipinski definition) is 5. The molecular weight excluding hydrogens is 352 g/mol. The van der Waals surface area contributed by atoms with Gasteiger partial charge in [0.25, 0.3) is 0 Å². The number of amidine groups is 1. The van der Waals surface area contributed by atoms with Crippen LogP contribution in [-0.2, 0) is 22.5 Å². The zero-order chi connectivity index (χ0) is 19.3. The zero-order valence-electron chi connectivity index (χ0n) is 16.1. The van der Waals surface area contributed by atoms with Crippen LogP contribution >= 0.6 is 0 Å². The number of aromatic nitrogens is 1. The second-order valence-electron chi connectivity index (χ2n) is 7.21. The molecule has 6 nitrogen and oxygen atoms in total. The van der Waals surface area contributed by atoms with Gasteiger partial charge in [-0.2, -0.15) is 0 Å². The van der Waals surface area contributed by atoms with Gasteiger partial charge in [0.1, 0.15) is 5.84 Å². The third kappa shape index (κ3) is 4.07. The van der Waals surface area contributed by atoms with Crippen molar-refractivity contribution in [1.82, 2.24) is 15.6 Å². The summed E-state index contributed by atoms with van der Waals surface area (Å²) in [5.41, 5.74) is 4.00. The van der Waals surface area contributed by atoms with Crippen LogP contribution in [0.1, 0.15) is 48.2 Å². The van der Waals surface area contributed by atoms with Crippen LogP contribution in [0.4, 0.5) is 0 Å². The van der Waals surface area contributed by atoms with Crippen LogP contribution in [0.5, 0.6) is 0 Å². The number of amides is 1. The lowest BCUT2D eigenvalue weighted by Gasteiger charge is -2.24. The van der Waals surface area contributed by atoms with Crippen LogP contribution < -0.4 is 10.6 Å². The Bertz CT molecular complexity index is 860. The summed E-state index contributed by atoms with van der Waals surface area (Å²) in [5.74, 6) is 0.853. The average molecular weight is 378 g/mol. The molecule has 6 heteroatoms. The predicted octanol–water partition coefficient (Wildman–Crippen LogP) is 2.53. The van der Waals surface area contributed by atoms with Gasteiger partial charge in [-0.3, -0.25) is 14.8 Å². The molecule has 0 spiro atoms. The molecule has 0 saturated carbocycles. The number of carbonyl (C=O) groups is 1. The third-order valence-electron chi connectivity index (χ3n) is 5.21. The highest BCUT2D eigenvalue weighted by Gasteiger charge is 2.28. The van der Waals surface area contributed by atoms with Gasteiger partial charge in [0.2, 0.25) is 5.91 Å². The van der Waals surface area contributed by atoms with E-state index in [2.05, 4.69) is 20.6 Å². The van der Waals surface area contributed by atoms with Crippen molar-refractivity contribution in [3.05, 3.63) is 65.0 Å². The summed E-state index contributed by atoms with van der Waals surface area (Å²) < 4.78 is 5.86. The molecule has 146 valence electrons. The van der Waals surface area contributed by atoms with Gasteiger partial charge in [-0.25, -0.2) is 0 Å². The van der Waals surface area contributed by atoms with Crippen molar-refractivity contribution < 1.29 is 9.53 Å². The number of nitrogens with one attached hydrogen (secondary N) is 2. The maximum atomic E-state index is 12.8. The van der Waals surface area contributed by atoms with Crippen LogP contribution in [0.15, 0.2) is 47.6 Å². The van der Waals surface area contributed by atoms with Gasteiger partial charge in [-0.05, 0) is 37.0 Å². The Hall–Kier alpha value is -2.73. The van der Waals surface area contributed by atoms with Crippen molar-refractivity contribution >= 4 is 11.7 Å². The molecule has 4 rings (SSSR count). The largest absolute Gasteiger partial charge is 0.376 e. The summed E-state index contributed by atoms with van der Waals surface area (Å²) in [5, 5.41) is 6.43. The van der Waals surface area contributed by atoms with Crippen molar-refractivity contribution in [2.45, 2.75) is 44.9 Å². The second kappa shape index (κ2) is 8.52. The van der Waals surface area contributed by atoms with E-state index in [1.165, 1.54) is 0 Å². The minimum absolute atomic E-state index is 0.0235. The third-order valence-corrected chi connectivity index (χ3v) is 5.21. The van der Waals surface area contributed by atoms with E-state index in [-0.39, 0.29) is 24.5 Å². The maximum Gasteiger partial charge on any atom is 0.226 e. The standard InChI is InChI=1S/C22H26N4O2/c1-2-23-22-18-14-24-17(11-16(18)13-25-22)12-20(27)26-21(19-9-6-10-28-19)15-7-4-3-5-8-15/h3-5,7-8,11,14,19,21H,2,6,9-10,12-13H2,1H3,(H,23,25)(H,26,27)/t19-,21+/m1/s1. The smallest absolute Gasteiger partial charge is 0.226 e. The first kappa shape index (κ1) is 18.6. The molecule has 0 unspecified atom stereocenters. The van der Waals surface area contributed by atoms with Crippen LogP contribution in [-0.4, -0.2) is 36.0 Å². The molecule has 2 atom stereocenters. The number of benzene rings is 1. The molecule has 1 amide bonds. The van der Waals surface area contributed by atoms with E-state index < -0.39 is 0 Å². The summed E-state index contributed by atoms with van der Waals surface area (Å²) in [4.78, 5) is 21.8. The zero-order valence-corrected chi connectivity index (χ0v) is 16.1. The van der Waals surface area contributed by atoms with E-state index in [1.807, 2.05) is 49.5 Å². The fourth-order valence-corrected chi connectivity index (χ4v) is 3.86. The molecule has 2 N–H and O–H groups in total. The Morgan fingerprint density at radius 2 is 2.18 bits per heavy atom. The summed E-state index contributed by atoms with van der Waals surface area (Å²) in [7, 11) is 0. The summed E-state index contributed by atoms with van der Waals surface area (Å²) in [6.07, 6.45) is 4.09. The van der Waals surface area contributed by atoms with E-state index in [0.717, 1.165) is 54.2 Å². The Balaban J connectivity index is 1.44. The number of carbonyl (C=O) groups excluding carboxylic acids is 1. The molecule has 0 bridgehead atoms. The first-order valence-corrected chi connectivity index (χ1v) is 9.97. The van der Waals surface area contributed by atoms with Crippen molar-refractivity contribution in [1.29, 1.82) is 0 Å². The molecule has 3 heterocycles. The highest BCUT2D eigenvalue weighted by Crippen LogP contribution is 2.27. The average Bonchev–Trinajstić information content (AvgIpc) is 3.37. The Labute approximate surface area is 165 Å². The predicted molar refractivity (Wildman–Crippen MR) is 108 cm³/mol. The maximum absolute atomic E-state index is 12.8. The second-order valence-corrected chi connectivity index (χ2v) is 7.21. The monoisotopic (exact) mass is 378 g/mol. The molecular formula is C22H26N4O2. The first-order chi connectivity index (χ1) is 13.7. The topological polar surface area (TPSA) is 75.6 Å². The van der Waals surface area contributed by atoms with E-state index in [9.17, 15) is 4.79 Å². The lowest BCUT2D eigenvalue weighted by atomic mass is 9.99. The number of ether oxygens (including phenoxy) is 1. The molecule has 1 saturated heterocycles. The summed E-state index contributed by atoms with van der Waals surface area (Å²) >= 11 is 0. The van der Waals surface area contributed by atoms with Gasteiger partial charge < -0.3 is 15.4 Å². The van der Waals surface area contributed by atoms with Gasteiger partial charge in [-0.1, -0.05) is 30.3 Å². The van der Waals surface area contributed by atoms with Gasteiger partial charge in [-0.15, -0.1) is 0 Å². The van der Waals surface area contributed by atoms with Gasteiger partial charge in [0.05, 0.1) is 30.8 Å². The number of nitrogens with zero attached hydrogens (tertiary/aromatic N) is 2. The SMILES string of the molecule is CCNC1=NCc2cc(CC(=O)N[C@@H](c3ccccc3)[C@H]3CCCO3)ncc21. The van der Waals surface area contributed by atoms with Crippen molar-refractivity contribution in [2.24, 2.45) is 4.99 Å². The van der Waals surface area contributed by atoms with Crippen molar-refractivity contribution in [3.8, 4) is 0 Å². The van der Waals surface area contributed by atoms with Crippen molar-refractivity contribution in [2.75, 3.05) is 13.2 Å². The van der Waals surface area contributed by atoms with Crippen LogP contribution in [0, 0.1) is 0 Å². The van der Waals surface area contributed by atoms with Crippen LogP contribution in [0.3, 0.4) is 0 Å². The molecule has 0 aliphatic carbocycles. The Morgan fingerprint density at radius 3 is 2.93 bits per heavy atom. The Morgan fingerprint density at radius 1 is 1.32 bits per heavy atom. The minimum Gasteiger partial charge on any atom is -0.376 e. The molecule has 2 aromatic rings. The van der Waals surface area contributed by atoms with Gasteiger partial charge in [0.15, 0.2) is 0 Å². The summed E-state index contributed by atoms with van der Waals surface area (Å²) in [6, 6.07) is 11.9. The number of pyridine rings is 1. The van der Waals surface area contributed by atoms with Crippen LogP contribution in [0.2, 0.25) is 0 Å². The number of hydrogen-bond donors (Lipinski definition) is 2. The Kier molecular flexibility index (Phi) is 5.67. The highest BCUT2D eigenvalue weighted by molar-refractivity contribution is 6.01. The molecule has 1 aromatic heterocycles. The van der Waals surface area contributed by atoms with E-state index in [4.69, 9.17) is 4.74 Å². The fourth-order valence-electron chi connectivity index (χ4n) is 3.86. The number of fused-ring (bicyclic) bond motifs is 1. The van der Waals surface area contributed by atoms with Crippen molar-refractivity contribution in [3.63, 3.8) is 0 Å². The van der Waals surface area contributed by atoms with E-state index in [1.54, 1.807) is 0 Å². The molecule has 28 heavy (non-hydrogen) atoms. The normalized spacial score (nSPS) is 19.0. The highest BCUT2D eigenvalue weighted by atomic mass is 16.5. The number of rotatable bonds is 6. The van der Waals surface area contributed by atoms with Gasteiger partial charge >= 0.3 is 0 Å². The fraction of sp³-hybridized carbons (Fsp3) is 0.409. The van der Waals surface area contributed by atoms with E-state index in [0.29, 0.717) is 6.54 Å². The van der Waals surface area contributed by atoms with E-state index >= 15 is 0 Å². The lowest BCUT2D eigenvalue weighted by molar-refractivity contribution is -0.122. The number of aliphatic imine (C=N–C) groups is 1. The summed E-state index contributed by atoms with van der Waals surface area (Å²) in [6.45, 7) is 4.26. The minimum atomic E-state index is -0.130. The molecule has 1 fully saturated rings. The molecule has 2 aliphatic heterocycles. The molecule has 0 radical (unpaired) electrons. The molecule has 2 aliphatic rings. The van der Waals surface area contributed by atoms with Crippen LogP contribution in [0.25, 0.3) is 0 Å². The lowest BCUT2D eigenvalue weighted by Crippen LogP contribution is -2.37. The quantitative estimate of drug-likeness (QED) is 0.810. The first-order valence-electron chi connectivity index (χ1n) is 9.97.